The summed E-state index contributed by atoms with van der Waals surface area (Å²) in [6.45, 7) is 9.92. The Morgan fingerprint density at radius 3 is 2.26 bits per heavy atom. The van der Waals surface area contributed by atoms with Crippen LogP contribution < -0.4 is 5.32 Å². The summed E-state index contributed by atoms with van der Waals surface area (Å²) in [6.07, 6.45) is 2.53. The van der Waals surface area contributed by atoms with Gasteiger partial charge in [-0.1, -0.05) is 50.8 Å². The first-order valence-corrected chi connectivity index (χ1v) is 7.08. The van der Waals surface area contributed by atoms with Crippen LogP contribution in [0.25, 0.3) is 0 Å². The lowest BCUT2D eigenvalue weighted by Gasteiger charge is -2.23. The molecule has 104 valence electrons. The first kappa shape index (κ1) is 15.5. The molecule has 19 heavy (non-hydrogen) atoms. The Balaban J connectivity index is 2.82. The number of hydrogen-bond donors (Lipinski definition) is 1. The van der Waals surface area contributed by atoms with Crippen LogP contribution in [-0.4, -0.2) is 11.8 Å². The Labute approximate surface area is 116 Å². The van der Waals surface area contributed by atoms with E-state index < -0.39 is 0 Å². The lowest BCUT2D eigenvalue weighted by atomic mass is 9.90. The molecule has 0 aromatic heterocycles. The van der Waals surface area contributed by atoms with Gasteiger partial charge >= 0.3 is 0 Å². The highest BCUT2D eigenvalue weighted by molar-refractivity contribution is 5.86. The fraction of sp³-hybridized carbons (Fsp3) is 0.471. The van der Waals surface area contributed by atoms with Gasteiger partial charge < -0.3 is 5.32 Å². The molecule has 0 saturated carbocycles. The SMILES string of the molecule is C=C(C)NC(Cc1ccccc1)C(=O)C(CC)CC. The molecule has 0 saturated heterocycles. The minimum atomic E-state index is -0.162. The van der Waals surface area contributed by atoms with E-state index in [0.29, 0.717) is 5.78 Å². The molecular weight excluding hydrogens is 234 g/mol. The van der Waals surface area contributed by atoms with E-state index in [1.165, 1.54) is 5.56 Å². The Morgan fingerprint density at radius 1 is 1.21 bits per heavy atom. The molecule has 1 aromatic rings. The molecule has 0 aliphatic carbocycles. The van der Waals surface area contributed by atoms with Crippen LogP contribution in [0, 0.1) is 5.92 Å². The largest absolute Gasteiger partial charge is 0.379 e. The molecule has 2 heteroatoms. The van der Waals surface area contributed by atoms with Crippen molar-refractivity contribution >= 4 is 5.78 Å². The monoisotopic (exact) mass is 259 g/mol. The number of rotatable bonds is 8. The van der Waals surface area contributed by atoms with E-state index in [4.69, 9.17) is 0 Å². The molecule has 1 aromatic carbocycles. The average Bonchev–Trinajstić information content (AvgIpc) is 2.40. The van der Waals surface area contributed by atoms with Gasteiger partial charge in [-0.3, -0.25) is 4.79 Å². The second kappa shape index (κ2) is 7.78. The summed E-state index contributed by atoms with van der Waals surface area (Å²) in [5.41, 5.74) is 2.03. The van der Waals surface area contributed by atoms with E-state index in [1.807, 2.05) is 25.1 Å². The summed E-state index contributed by atoms with van der Waals surface area (Å²) in [5, 5.41) is 3.23. The van der Waals surface area contributed by atoms with Crippen molar-refractivity contribution < 1.29 is 4.79 Å². The fourth-order valence-electron chi connectivity index (χ4n) is 2.35. The molecule has 1 rings (SSSR count). The van der Waals surface area contributed by atoms with Gasteiger partial charge in [-0.2, -0.15) is 0 Å². The lowest BCUT2D eigenvalue weighted by molar-refractivity contribution is -0.125. The van der Waals surface area contributed by atoms with Crippen molar-refractivity contribution in [3.8, 4) is 0 Å². The van der Waals surface area contributed by atoms with Crippen molar-refractivity contribution in [3.63, 3.8) is 0 Å². The van der Waals surface area contributed by atoms with Crippen LogP contribution >= 0.6 is 0 Å². The highest BCUT2D eigenvalue weighted by Gasteiger charge is 2.24. The molecule has 0 bridgehead atoms. The van der Waals surface area contributed by atoms with Crippen LogP contribution in [-0.2, 0) is 11.2 Å². The van der Waals surface area contributed by atoms with E-state index in [1.54, 1.807) is 0 Å². The van der Waals surface area contributed by atoms with Crippen LogP contribution in [0.3, 0.4) is 0 Å². The molecule has 1 unspecified atom stereocenters. The van der Waals surface area contributed by atoms with Crippen molar-refractivity contribution in [2.45, 2.75) is 46.1 Å². The van der Waals surface area contributed by atoms with Crippen molar-refractivity contribution in [2.75, 3.05) is 0 Å². The third kappa shape index (κ3) is 4.90. The summed E-state index contributed by atoms with van der Waals surface area (Å²) in [7, 11) is 0. The van der Waals surface area contributed by atoms with E-state index in [-0.39, 0.29) is 12.0 Å². The zero-order valence-corrected chi connectivity index (χ0v) is 12.3. The minimum Gasteiger partial charge on any atom is -0.379 e. The van der Waals surface area contributed by atoms with Gasteiger partial charge in [0.2, 0.25) is 0 Å². The third-order valence-corrected chi connectivity index (χ3v) is 3.43. The van der Waals surface area contributed by atoms with E-state index in [0.717, 1.165) is 25.0 Å². The molecule has 0 fully saturated rings. The average molecular weight is 259 g/mol. The van der Waals surface area contributed by atoms with Gasteiger partial charge in [0.25, 0.3) is 0 Å². The van der Waals surface area contributed by atoms with Crippen molar-refractivity contribution in [2.24, 2.45) is 5.92 Å². The van der Waals surface area contributed by atoms with Crippen molar-refractivity contribution in [1.29, 1.82) is 0 Å². The summed E-state index contributed by atoms with van der Waals surface area (Å²) >= 11 is 0. The first-order valence-electron chi connectivity index (χ1n) is 7.08. The number of benzene rings is 1. The standard InChI is InChI=1S/C17H25NO/c1-5-15(6-2)17(19)16(18-13(3)4)12-14-10-8-7-9-11-14/h7-11,15-16,18H,3,5-6,12H2,1-2,4H3. The van der Waals surface area contributed by atoms with Gasteiger partial charge in [0, 0.05) is 11.6 Å². The smallest absolute Gasteiger partial charge is 0.158 e. The maximum atomic E-state index is 12.5. The lowest BCUT2D eigenvalue weighted by Crippen LogP contribution is -2.40. The molecule has 1 N–H and O–H groups in total. The van der Waals surface area contributed by atoms with Crippen LogP contribution in [0.1, 0.15) is 39.2 Å². The predicted octanol–water partition coefficient (Wildman–Crippen LogP) is 3.73. The summed E-state index contributed by atoms with van der Waals surface area (Å²) in [4.78, 5) is 12.5. The molecule has 0 aliphatic rings. The van der Waals surface area contributed by atoms with Gasteiger partial charge in [-0.05, 0) is 31.7 Å². The maximum Gasteiger partial charge on any atom is 0.158 e. The van der Waals surface area contributed by atoms with Gasteiger partial charge in [0.05, 0.1) is 6.04 Å². The van der Waals surface area contributed by atoms with Crippen LogP contribution in [0.15, 0.2) is 42.6 Å². The Morgan fingerprint density at radius 2 is 1.79 bits per heavy atom. The third-order valence-electron chi connectivity index (χ3n) is 3.43. The van der Waals surface area contributed by atoms with Crippen molar-refractivity contribution in [3.05, 3.63) is 48.2 Å². The Kier molecular flexibility index (Phi) is 6.34. The molecule has 0 aliphatic heterocycles. The van der Waals surface area contributed by atoms with Crippen LogP contribution in [0.5, 0.6) is 0 Å². The molecule has 0 amide bonds. The van der Waals surface area contributed by atoms with Gasteiger partial charge in [0.1, 0.15) is 0 Å². The van der Waals surface area contributed by atoms with Crippen LogP contribution in [0.2, 0.25) is 0 Å². The maximum absolute atomic E-state index is 12.5. The van der Waals surface area contributed by atoms with Gasteiger partial charge in [-0.25, -0.2) is 0 Å². The molecule has 2 nitrogen and oxygen atoms in total. The number of Topliss-reactive ketones (excluding diaryl/α,β-unsaturated/α-hetero) is 1. The number of carbonyl (C=O) groups is 1. The first-order chi connectivity index (χ1) is 9.08. The highest BCUT2D eigenvalue weighted by atomic mass is 16.1. The second-order valence-electron chi connectivity index (χ2n) is 5.08. The van der Waals surface area contributed by atoms with Crippen molar-refractivity contribution in [1.82, 2.24) is 5.32 Å². The quantitative estimate of drug-likeness (QED) is 0.771. The second-order valence-corrected chi connectivity index (χ2v) is 5.08. The summed E-state index contributed by atoms with van der Waals surface area (Å²) in [6, 6.07) is 9.97. The Bertz CT molecular complexity index is 407. The minimum absolute atomic E-state index is 0.139. The number of carbonyl (C=O) groups excluding carboxylic acids is 1. The van der Waals surface area contributed by atoms with Crippen LogP contribution in [0.4, 0.5) is 0 Å². The zero-order valence-electron chi connectivity index (χ0n) is 12.3. The van der Waals surface area contributed by atoms with E-state index in [2.05, 4.69) is 37.9 Å². The summed E-state index contributed by atoms with van der Waals surface area (Å²) in [5.74, 6) is 0.442. The molecule has 0 spiro atoms. The summed E-state index contributed by atoms with van der Waals surface area (Å²) < 4.78 is 0. The number of nitrogens with one attached hydrogen (secondary N) is 1. The van der Waals surface area contributed by atoms with E-state index in [9.17, 15) is 4.79 Å². The zero-order chi connectivity index (χ0) is 14.3. The number of hydrogen-bond acceptors (Lipinski definition) is 2. The van der Waals surface area contributed by atoms with E-state index >= 15 is 0 Å². The van der Waals surface area contributed by atoms with Gasteiger partial charge in [0.15, 0.2) is 5.78 Å². The number of ketones is 1. The molecular formula is C17H25NO. The topological polar surface area (TPSA) is 29.1 Å². The predicted molar refractivity (Wildman–Crippen MR) is 81.0 cm³/mol. The number of allylic oxidation sites excluding steroid dienone is 1. The molecule has 0 radical (unpaired) electrons. The fourth-order valence-corrected chi connectivity index (χ4v) is 2.35. The normalized spacial score (nSPS) is 12.2. The van der Waals surface area contributed by atoms with Gasteiger partial charge in [-0.15, -0.1) is 0 Å². The molecule has 0 heterocycles. The Hall–Kier alpha value is -1.57. The molecule has 1 atom stereocenters. The highest BCUT2D eigenvalue weighted by Crippen LogP contribution is 2.15.